The molecule has 1 aromatic carbocycles. The number of carbonyl (C=O) groups is 2. The molecule has 6 heteroatoms. The molecule has 1 unspecified atom stereocenters. The van der Waals surface area contributed by atoms with Gasteiger partial charge in [-0.05, 0) is 31.0 Å². The number of benzene rings is 1. The Morgan fingerprint density at radius 3 is 2.75 bits per heavy atom. The van der Waals surface area contributed by atoms with Crippen LogP contribution in [0.1, 0.15) is 24.4 Å². The van der Waals surface area contributed by atoms with Crippen LogP contribution in [0.15, 0.2) is 22.7 Å². The van der Waals surface area contributed by atoms with E-state index in [0.717, 1.165) is 41.7 Å². The molecule has 2 heterocycles. The van der Waals surface area contributed by atoms with Crippen LogP contribution in [-0.4, -0.2) is 36.3 Å². The van der Waals surface area contributed by atoms with E-state index in [-0.39, 0.29) is 18.4 Å². The van der Waals surface area contributed by atoms with Gasteiger partial charge in [0.25, 0.3) is 0 Å². The van der Waals surface area contributed by atoms with E-state index in [9.17, 15) is 9.59 Å². The van der Waals surface area contributed by atoms with Crippen molar-refractivity contribution in [2.75, 3.05) is 24.5 Å². The molecule has 2 aliphatic heterocycles. The van der Waals surface area contributed by atoms with E-state index < -0.39 is 6.04 Å². The molecule has 0 bridgehead atoms. The van der Waals surface area contributed by atoms with E-state index in [1.807, 2.05) is 23.1 Å². The van der Waals surface area contributed by atoms with Gasteiger partial charge in [0.1, 0.15) is 12.6 Å². The van der Waals surface area contributed by atoms with Gasteiger partial charge in [0.05, 0.1) is 0 Å². The SMILES string of the molecule is NC1C(=O)N(CC(=O)N2CCCC2)c2ccc(Br)cc21. The molecule has 106 valence electrons. The van der Waals surface area contributed by atoms with Crippen LogP contribution in [0.2, 0.25) is 0 Å². The number of nitrogens with zero attached hydrogens (tertiary/aromatic N) is 2. The lowest BCUT2D eigenvalue weighted by Gasteiger charge is -2.21. The lowest BCUT2D eigenvalue weighted by atomic mass is 10.1. The van der Waals surface area contributed by atoms with Gasteiger partial charge >= 0.3 is 0 Å². The fourth-order valence-corrected chi connectivity index (χ4v) is 3.18. The average Bonchev–Trinajstić information content (AvgIpc) is 3.03. The highest BCUT2D eigenvalue weighted by atomic mass is 79.9. The first-order valence-electron chi connectivity index (χ1n) is 6.72. The number of rotatable bonds is 2. The number of nitrogens with two attached hydrogens (primary N) is 1. The summed E-state index contributed by atoms with van der Waals surface area (Å²) in [5.74, 6) is -0.204. The molecule has 0 radical (unpaired) electrons. The molecule has 20 heavy (non-hydrogen) atoms. The summed E-state index contributed by atoms with van der Waals surface area (Å²) >= 11 is 3.38. The normalized spacial score (nSPS) is 21.5. The predicted octanol–water partition coefficient (Wildman–Crippen LogP) is 1.42. The number of anilines is 1. The van der Waals surface area contributed by atoms with E-state index >= 15 is 0 Å². The van der Waals surface area contributed by atoms with E-state index in [0.29, 0.717) is 0 Å². The molecular formula is C14H16BrN3O2. The summed E-state index contributed by atoms with van der Waals surface area (Å²) in [6.45, 7) is 1.67. The summed E-state index contributed by atoms with van der Waals surface area (Å²) in [5, 5.41) is 0. The van der Waals surface area contributed by atoms with Crippen LogP contribution < -0.4 is 10.6 Å². The zero-order chi connectivity index (χ0) is 14.3. The second-order valence-corrected chi connectivity index (χ2v) is 6.11. The Bertz CT molecular complexity index is 570. The number of amides is 2. The molecule has 1 saturated heterocycles. The van der Waals surface area contributed by atoms with Crippen molar-refractivity contribution in [3.63, 3.8) is 0 Å². The molecule has 0 aliphatic carbocycles. The zero-order valence-electron chi connectivity index (χ0n) is 11.0. The minimum Gasteiger partial charge on any atom is -0.341 e. The fraction of sp³-hybridized carbons (Fsp3) is 0.429. The van der Waals surface area contributed by atoms with Crippen molar-refractivity contribution in [1.29, 1.82) is 0 Å². The summed E-state index contributed by atoms with van der Waals surface area (Å²) < 4.78 is 0.882. The third-order valence-electron chi connectivity index (χ3n) is 3.90. The highest BCUT2D eigenvalue weighted by Gasteiger charge is 2.36. The van der Waals surface area contributed by atoms with Crippen molar-refractivity contribution in [3.05, 3.63) is 28.2 Å². The van der Waals surface area contributed by atoms with E-state index in [1.54, 1.807) is 0 Å². The summed E-state index contributed by atoms with van der Waals surface area (Å²) in [4.78, 5) is 27.8. The van der Waals surface area contributed by atoms with Crippen molar-refractivity contribution in [2.45, 2.75) is 18.9 Å². The Kier molecular flexibility index (Phi) is 3.52. The van der Waals surface area contributed by atoms with Crippen LogP contribution in [0.3, 0.4) is 0 Å². The van der Waals surface area contributed by atoms with Crippen molar-refractivity contribution >= 4 is 33.4 Å². The van der Waals surface area contributed by atoms with Gasteiger partial charge in [-0.3, -0.25) is 9.59 Å². The summed E-state index contributed by atoms with van der Waals surface area (Å²) in [5.41, 5.74) is 7.47. The molecule has 5 nitrogen and oxygen atoms in total. The second kappa shape index (κ2) is 5.18. The van der Waals surface area contributed by atoms with Gasteiger partial charge in [0.2, 0.25) is 11.8 Å². The van der Waals surface area contributed by atoms with Crippen LogP contribution in [0.4, 0.5) is 5.69 Å². The zero-order valence-corrected chi connectivity index (χ0v) is 12.6. The van der Waals surface area contributed by atoms with Gasteiger partial charge in [-0.1, -0.05) is 15.9 Å². The smallest absolute Gasteiger partial charge is 0.249 e. The molecule has 0 saturated carbocycles. The number of fused-ring (bicyclic) bond motifs is 1. The van der Waals surface area contributed by atoms with Crippen LogP contribution in [-0.2, 0) is 9.59 Å². The standard InChI is InChI=1S/C14H16BrN3O2/c15-9-3-4-11-10(7-9)13(16)14(20)18(11)8-12(19)17-5-1-2-6-17/h3-4,7,13H,1-2,5-6,8,16H2. The van der Waals surface area contributed by atoms with Gasteiger partial charge in [0, 0.05) is 28.8 Å². The molecule has 1 aromatic rings. The Labute approximate surface area is 125 Å². The van der Waals surface area contributed by atoms with Gasteiger partial charge in [-0.25, -0.2) is 0 Å². The Morgan fingerprint density at radius 1 is 1.35 bits per heavy atom. The Morgan fingerprint density at radius 2 is 2.05 bits per heavy atom. The highest BCUT2D eigenvalue weighted by Crippen LogP contribution is 2.36. The van der Waals surface area contributed by atoms with Crippen molar-refractivity contribution in [3.8, 4) is 0 Å². The lowest BCUT2D eigenvalue weighted by Crippen LogP contribution is -2.41. The second-order valence-electron chi connectivity index (χ2n) is 5.19. The molecule has 2 aliphatic rings. The van der Waals surface area contributed by atoms with Gasteiger partial charge in [-0.2, -0.15) is 0 Å². The number of carbonyl (C=O) groups excluding carboxylic acids is 2. The van der Waals surface area contributed by atoms with Gasteiger partial charge in [0.15, 0.2) is 0 Å². The summed E-state index contributed by atoms with van der Waals surface area (Å²) in [6, 6.07) is 4.87. The number of hydrogen-bond acceptors (Lipinski definition) is 3. The van der Waals surface area contributed by atoms with Crippen LogP contribution in [0, 0.1) is 0 Å². The molecule has 1 atom stereocenters. The van der Waals surface area contributed by atoms with Crippen LogP contribution in [0.25, 0.3) is 0 Å². The molecule has 2 N–H and O–H groups in total. The minimum atomic E-state index is -0.672. The van der Waals surface area contributed by atoms with Crippen molar-refractivity contribution in [2.24, 2.45) is 5.73 Å². The number of likely N-dealkylation sites (tertiary alicyclic amines) is 1. The predicted molar refractivity (Wildman–Crippen MR) is 79.2 cm³/mol. The maximum absolute atomic E-state index is 12.2. The largest absolute Gasteiger partial charge is 0.341 e. The van der Waals surface area contributed by atoms with Crippen LogP contribution in [0.5, 0.6) is 0 Å². The molecule has 0 aromatic heterocycles. The van der Waals surface area contributed by atoms with Gasteiger partial charge < -0.3 is 15.5 Å². The van der Waals surface area contributed by atoms with Crippen LogP contribution >= 0.6 is 15.9 Å². The minimum absolute atomic E-state index is 0.00109. The maximum atomic E-state index is 12.2. The lowest BCUT2D eigenvalue weighted by molar-refractivity contribution is -0.130. The molecule has 0 spiro atoms. The van der Waals surface area contributed by atoms with E-state index in [4.69, 9.17) is 5.73 Å². The molecular weight excluding hydrogens is 322 g/mol. The summed E-state index contributed by atoms with van der Waals surface area (Å²) in [7, 11) is 0. The third kappa shape index (κ3) is 2.23. The summed E-state index contributed by atoms with van der Waals surface area (Å²) in [6.07, 6.45) is 2.09. The van der Waals surface area contributed by atoms with Crippen molar-refractivity contribution in [1.82, 2.24) is 4.90 Å². The number of halogens is 1. The quantitative estimate of drug-likeness (QED) is 0.887. The molecule has 3 rings (SSSR count). The topological polar surface area (TPSA) is 66.6 Å². The molecule has 2 amide bonds. The van der Waals surface area contributed by atoms with Gasteiger partial charge in [-0.15, -0.1) is 0 Å². The maximum Gasteiger partial charge on any atom is 0.249 e. The average molecular weight is 338 g/mol. The van der Waals surface area contributed by atoms with E-state index in [2.05, 4.69) is 15.9 Å². The fourth-order valence-electron chi connectivity index (χ4n) is 2.80. The first-order chi connectivity index (χ1) is 9.58. The number of hydrogen-bond donors (Lipinski definition) is 1. The monoisotopic (exact) mass is 337 g/mol. The first-order valence-corrected chi connectivity index (χ1v) is 7.51. The first kappa shape index (κ1) is 13.6. The Balaban J connectivity index is 1.83. The van der Waals surface area contributed by atoms with E-state index in [1.165, 1.54) is 4.90 Å². The molecule has 1 fully saturated rings. The third-order valence-corrected chi connectivity index (χ3v) is 4.39. The highest BCUT2D eigenvalue weighted by molar-refractivity contribution is 9.10. The van der Waals surface area contributed by atoms with Crippen molar-refractivity contribution < 1.29 is 9.59 Å². The Hall–Kier alpha value is -1.40.